The van der Waals surface area contributed by atoms with E-state index in [1.165, 1.54) is 19.3 Å². The molecule has 2 nitrogen and oxygen atoms in total. The van der Waals surface area contributed by atoms with Crippen LogP contribution < -0.4 is 5.73 Å². The fraction of sp³-hybridized carbons (Fsp3) is 1.00. The molecule has 0 spiro atoms. The summed E-state index contributed by atoms with van der Waals surface area (Å²) in [6.07, 6.45) is 7.28. The van der Waals surface area contributed by atoms with Gasteiger partial charge in [-0.2, -0.15) is 0 Å². The van der Waals surface area contributed by atoms with Gasteiger partial charge in [0.25, 0.3) is 0 Å². The number of hydrogen-bond acceptors (Lipinski definition) is 2. The first-order chi connectivity index (χ1) is 6.25. The van der Waals surface area contributed by atoms with Crippen LogP contribution in [-0.4, -0.2) is 18.2 Å². The van der Waals surface area contributed by atoms with Crippen LogP contribution in [0.4, 0.5) is 0 Å². The Balaban J connectivity index is 2.60. The van der Waals surface area contributed by atoms with Crippen molar-refractivity contribution in [3.8, 4) is 0 Å². The van der Waals surface area contributed by atoms with E-state index < -0.39 is 0 Å². The molecule has 0 aromatic rings. The summed E-state index contributed by atoms with van der Waals surface area (Å²) in [7, 11) is 0. The van der Waals surface area contributed by atoms with Gasteiger partial charge in [-0.05, 0) is 26.2 Å². The van der Waals surface area contributed by atoms with Crippen LogP contribution in [0.15, 0.2) is 0 Å². The Labute approximate surface area is 81.8 Å². The summed E-state index contributed by atoms with van der Waals surface area (Å²) < 4.78 is 5.90. The van der Waals surface area contributed by atoms with Gasteiger partial charge in [0, 0.05) is 12.6 Å². The molecule has 0 heterocycles. The fourth-order valence-corrected chi connectivity index (χ4v) is 2.43. The maximum atomic E-state index is 6.14. The van der Waals surface area contributed by atoms with E-state index in [2.05, 4.69) is 13.8 Å². The van der Waals surface area contributed by atoms with Crippen molar-refractivity contribution in [2.75, 3.05) is 6.61 Å². The maximum Gasteiger partial charge on any atom is 0.0832 e. The first-order valence-corrected chi connectivity index (χ1v) is 5.64. The second-order valence-electron chi connectivity index (χ2n) is 4.07. The molecule has 0 aliphatic heterocycles. The third-order valence-corrected chi connectivity index (χ3v) is 3.25. The Bertz CT molecular complexity index is 136. The van der Waals surface area contributed by atoms with Gasteiger partial charge in [0.15, 0.2) is 0 Å². The highest BCUT2D eigenvalue weighted by Crippen LogP contribution is 2.34. The van der Waals surface area contributed by atoms with E-state index in [0.717, 1.165) is 25.9 Å². The highest BCUT2D eigenvalue weighted by atomic mass is 16.5. The van der Waals surface area contributed by atoms with E-state index in [0.29, 0.717) is 0 Å². The quantitative estimate of drug-likeness (QED) is 0.730. The van der Waals surface area contributed by atoms with E-state index in [1.807, 2.05) is 0 Å². The van der Waals surface area contributed by atoms with Crippen molar-refractivity contribution in [2.24, 2.45) is 5.73 Å². The standard InChI is InChI=1S/C11H23NO/c1-3-10(12)11(13-4-2)8-6-5-7-9-11/h10H,3-9,12H2,1-2H3/t10-/m0/s1. The van der Waals surface area contributed by atoms with Crippen LogP contribution in [0.1, 0.15) is 52.4 Å². The number of nitrogens with two attached hydrogens (primary N) is 1. The third-order valence-electron chi connectivity index (χ3n) is 3.25. The zero-order valence-corrected chi connectivity index (χ0v) is 9.01. The van der Waals surface area contributed by atoms with E-state index in [1.54, 1.807) is 0 Å². The molecule has 0 amide bonds. The van der Waals surface area contributed by atoms with Crippen molar-refractivity contribution in [3.63, 3.8) is 0 Å². The van der Waals surface area contributed by atoms with Gasteiger partial charge in [-0.15, -0.1) is 0 Å². The van der Waals surface area contributed by atoms with Crippen LogP contribution in [-0.2, 0) is 4.74 Å². The Morgan fingerprint density at radius 1 is 1.23 bits per heavy atom. The van der Waals surface area contributed by atoms with E-state index in [4.69, 9.17) is 10.5 Å². The Kier molecular flexibility index (Phi) is 4.20. The summed E-state index contributed by atoms with van der Waals surface area (Å²) in [5.74, 6) is 0. The Hall–Kier alpha value is -0.0800. The average Bonchev–Trinajstić information content (AvgIpc) is 2.18. The number of rotatable bonds is 4. The minimum absolute atomic E-state index is 0.0156. The number of ether oxygens (including phenoxy) is 1. The van der Waals surface area contributed by atoms with E-state index in [9.17, 15) is 0 Å². The molecular weight excluding hydrogens is 162 g/mol. The molecular formula is C11H23NO. The van der Waals surface area contributed by atoms with Crippen molar-refractivity contribution in [1.82, 2.24) is 0 Å². The SMILES string of the molecule is CCOC1([C@@H](N)CC)CCCCC1. The summed E-state index contributed by atoms with van der Waals surface area (Å²) >= 11 is 0. The first-order valence-electron chi connectivity index (χ1n) is 5.64. The summed E-state index contributed by atoms with van der Waals surface area (Å²) in [6, 6.07) is 0.229. The molecule has 1 aliphatic rings. The summed E-state index contributed by atoms with van der Waals surface area (Å²) in [6.45, 7) is 5.02. The Morgan fingerprint density at radius 3 is 2.31 bits per heavy atom. The van der Waals surface area contributed by atoms with Gasteiger partial charge >= 0.3 is 0 Å². The first kappa shape index (κ1) is 11.0. The van der Waals surface area contributed by atoms with E-state index >= 15 is 0 Å². The predicted octanol–water partition coefficient (Wildman–Crippen LogP) is 2.46. The van der Waals surface area contributed by atoms with Crippen molar-refractivity contribution in [3.05, 3.63) is 0 Å². The molecule has 0 radical (unpaired) electrons. The fourth-order valence-electron chi connectivity index (χ4n) is 2.43. The van der Waals surface area contributed by atoms with Crippen molar-refractivity contribution in [2.45, 2.75) is 64.0 Å². The van der Waals surface area contributed by atoms with Gasteiger partial charge in [-0.1, -0.05) is 26.2 Å². The molecule has 1 rings (SSSR count). The lowest BCUT2D eigenvalue weighted by Crippen LogP contribution is -2.51. The van der Waals surface area contributed by atoms with Crippen molar-refractivity contribution in [1.29, 1.82) is 0 Å². The highest BCUT2D eigenvalue weighted by Gasteiger charge is 2.37. The van der Waals surface area contributed by atoms with Crippen LogP contribution in [0.2, 0.25) is 0 Å². The topological polar surface area (TPSA) is 35.2 Å². The second-order valence-corrected chi connectivity index (χ2v) is 4.07. The average molecular weight is 185 g/mol. The second kappa shape index (κ2) is 4.97. The molecule has 2 heteroatoms. The normalized spacial score (nSPS) is 24.2. The lowest BCUT2D eigenvalue weighted by molar-refractivity contribution is -0.0824. The van der Waals surface area contributed by atoms with Crippen LogP contribution in [0.5, 0.6) is 0 Å². The number of hydrogen-bond donors (Lipinski definition) is 1. The van der Waals surface area contributed by atoms with Gasteiger partial charge in [0.1, 0.15) is 0 Å². The summed E-state index contributed by atoms with van der Waals surface area (Å²) in [4.78, 5) is 0. The zero-order chi connectivity index (χ0) is 9.73. The van der Waals surface area contributed by atoms with E-state index in [-0.39, 0.29) is 11.6 Å². The molecule has 0 aromatic heterocycles. The minimum Gasteiger partial charge on any atom is -0.374 e. The minimum atomic E-state index is 0.0156. The maximum absolute atomic E-state index is 6.14. The van der Waals surface area contributed by atoms with Crippen LogP contribution >= 0.6 is 0 Å². The summed E-state index contributed by atoms with van der Waals surface area (Å²) in [5.41, 5.74) is 6.16. The van der Waals surface area contributed by atoms with Gasteiger partial charge in [0.2, 0.25) is 0 Å². The third kappa shape index (κ3) is 2.44. The molecule has 1 fully saturated rings. The Morgan fingerprint density at radius 2 is 1.85 bits per heavy atom. The van der Waals surface area contributed by atoms with Gasteiger partial charge in [-0.25, -0.2) is 0 Å². The lowest BCUT2D eigenvalue weighted by atomic mass is 9.78. The molecule has 0 aromatic carbocycles. The van der Waals surface area contributed by atoms with Crippen molar-refractivity contribution >= 4 is 0 Å². The van der Waals surface area contributed by atoms with Gasteiger partial charge < -0.3 is 10.5 Å². The molecule has 0 saturated heterocycles. The zero-order valence-electron chi connectivity index (χ0n) is 9.01. The smallest absolute Gasteiger partial charge is 0.0832 e. The molecule has 78 valence electrons. The monoisotopic (exact) mass is 185 g/mol. The van der Waals surface area contributed by atoms with Crippen LogP contribution in [0.3, 0.4) is 0 Å². The predicted molar refractivity (Wildman–Crippen MR) is 55.7 cm³/mol. The van der Waals surface area contributed by atoms with Gasteiger partial charge in [-0.3, -0.25) is 0 Å². The largest absolute Gasteiger partial charge is 0.374 e. The molecule has 2 N–H and O–H groups in total. The van der Waals surface area contributed by atoms with Crippen LogP contribution in [0, 0.1) is 0 Å². The summed E-state index contributed by atoms with van der Waals surface area (Å²) in [5, 5.41) is 0. The highest BCUT2D eigenvalue weighted by molar-refractivity contribution is 4.93. The molecule has 1 atom stereocenters. The molecule has 0 bridgehead atoms. The van der Waals surface area contributed by atoms with Crippen LogP contribution in [0.25, 0.3) is 0 Å². The molecule has 1 saturated carbocycles. The molecule has 13 heavy (non-hydrogen) atoms. The van der Waals surface area contributed by atoms with Gasteiger partial charge in [0.05, 0.1) is 5.60 Å². The molecule has 1 aliphatic carbocycles. The van der Waals surface area contributed by atoms with Crippen molar-refractivity contribution < 1.29 is 4.74 Å². The lowest BCUT2D eigenvalue weighted by Gasteiger charge is -2.41. The molecule has 0 unspecified atom stereocenters.